The average Bonchev–Trinajstić information content (AvgIpc) is 2.25. The molecule has 0 aromatic carbocycles. The zero-order valence-electron chi connectivity index (χ0n) is 10.6. The Balaban J connectivity index is 2.56. The summed E-state index contributed by atoms with van der Waals surface area (Å²) in [5, 5.41) is 19.1. The molecule has 96 valence electrons. The highest BCUT2D eigenvalue weighted by Crippen LogP contribution is 2.16. The molecule has 1 atom stereocenters. The Morgan fingerprint density at radius 1 is 1.41 bits per heavy atom. The molecule has 0 saturated heterocycles. The molecule has 1 aromatic heterocycles. The molecule has 0 fully saturated rings. The van der Waals surface area contributed by atoms with Gasteiger partial charge in [0.25, 0.3) is 0 Å². The predicted octanol–water partition coefficient (Wildman–Crippen LogP) is 1.99. The first-order chi connectivity index (χ1) is 7.91. The first-order valence-electron chi connectivity index (χ1n) is 5.92. The van der Waals surface area contributed by atoms with Gasteiger partial charge in [-0.1, -0.05) is 13.8 Å². The van der Waals surface area contributed by atoms with Crippen molar-refractivity contribution in [1.29, 1.82) is 0 Å². The maximum absolute atomic E-state index is 11.3. The van der Waals surface area contributed by atoms with Gasteiger partial charge >= 0.3 is 5.63 Å². The van der Waals surface area contributed by atoms with Crippen molar-refractivity contribution in [2.24, 2.45) is 5.92 Å². The summed E-state index contributed by atoms with van der Waals surface area (Å²) in [6, 6.07) is 1.47. The molecule has 0 aliphatic heterocycles. The van der Waals surface area contributed by atoms with Crippen molar-refractivity contribution in [3.63, 3.8) is 0 Å². The number of aromatic hydroxyl groups is 1. The second kappa shape index (κ2) is 5.87. The van der Waals surface area contributed by atoms with Gasteiger partial charge in [-0.3, -0.25) is 0 Å². The maximum atomic E-state index is 11.3. The minimum absolute atomic E-state index is 0.0272. The van der Waals surface area contributed by atoms with E-state index in [4.69, 9.17) is 4.42 Å². The van der Waals surface area contributed by atoms with Crippen molar-refractivity contribution in [2.45, 2.75) is 46.1 Å². The van der Waals surface area contributed by atoms with E-state index in [-0.39, 0.29) is 23.3 Å². The molecule has 1 rings (SSSR count). The molecule has 17 heavy (non-hydrogen) atoms. The van der Waals surface area contributed by atoms with Crippen LogP contribution in [0.4, 0.5) is 0 Å². The minimum Gasteiger partial charge on any atom is -0.507 e. The molecule has 4 heteroatoms. The minimum atomic E-state index is -0.496. The second-order valence-electron chi connectivity index (χ2n) is 4.71. The molecular weight excluding hydrogens is 220 g/mol. The molecule has 1 aromatic rings. The molecular formula is C13H20O4. The number of aliphatic hydroxyl groups excluding tert-OH is 1. The largest absolute Gasteiger partial charge is 0.507 e. The van der Waals surface area contributed by atoms with E-state index < -0.39 is 5.63 Å². The van der Waals surface area contributed by atoms with Gasteiger partial charge < -0.3 is 14.6 Å². The zero-order valence-corrected chi connectivity index (χ0v) is 10.6. The van der Waals surface area contributed by atoms with Crippen LogP contribution in [0.15, 0.2) is 15.3 Å². The van der Waals surface area contributed by atoms with E-state index in [0.29, 0.717) is 18.6 Å². The summed E-state index contributed by atoms with van der Waals surface area (Å²) in [6.07, 6.45) is 1.61. The lowest BCUT2D eigenvalue weighted by atomic mass is 10.0. The van der Waals surface area contributed by atoms with Crippen molar-refractivity contribution in [2.75, 3.05) is 0 Å². The third-order valence-electron chi connectivity index (χ3n) is 2.90. The van der Waals surface area contributed by atoms with E-state index in [1.807, 2.05) is 13.8 Å². The normalized spacial score (nSPS) is 13.0. The molecule has 0 spiro atoms. The van der Waals surface area contributed by atoms with Gasteiger partial charge in [0.05, 0.1) is 11.7 Å². The lowest BCUT2D eigenvalue weighted by molar-refractivity contribution is 0.113. The Morgan fingerprint density at radius 3 is 2.59 bits per heavy atom. The Bertz CT molecular complexity index is 420. The fraction of sp³-hybridized carbons (Fsp3) is 0.615. The van der Waals surface area contributed by atoms with E-state index in [0.717, 1.165) is 6.42 Å². The van der Waals surface area contributed by atoms with Crippen LogP contribution < -0.4 is 5.63 Å². The number of aliphatic hydroxyl groups is 1. The fourth-order valence-corrected chi connectivity index (χ4v) is 1.53. The van der Waals surface area contributed by atoms with Gasteiger partial charge in [0.15, 0.2) is 0 Å². The quantitative estimate of drug-likeness (QED) is 0.825. The topological polar surface area (TPSA) is 70.7 Å². The standard InChI is InChI=1S/C13H20O4/c1-8(2)11(14)6-4-5-10-7-12(15)9(3)13(16)17-10/h7-8,11,14-15H,4-6H2,1-3H3. The number of hydrogen-bond donors (Lipinski definition) is 2. The summed E-state index contributed by atoms with van der Waals surface area (Å²) < 4.78 is 5.03. The highest BCUT2D eigenvalue weighted by Gasteiger charge is 2.10. The summed E-state index contributed by atoms with van der Waals surface area (Å²) in [5.41, 5.74) is -0.264. The van der Waals surface area contributed by atoms with E-state index >= 15 is 0 Å². The van der Waals surface area contributed by atoms with Crippen LogP contribution in [-0.2, 0) is 6.42 Å². The number of rotatable bonds is 5. The molecule has 1 heterocycles. The average molecular weight is 240 g/mol. The molecule has 4 nitrogen and oxygen atoms in total. The Morgan fingerprint density at radius 2 is 2.06 bits per heavy atom. The smallest absolute Gasteiger partial charge is 0.342 e. The third kappa shape index (κ3) is 3.89. The van der Waals surface area contributed by atoms with Crippen LogP contribution in [0, 0.1) is 12.8 Å². The van der Waals surface area contributed by atoms with Crippen molar-refractivity contribution in [1.82, 2.24) is 0 Å². The van der Waals surface area contributed by atoms with E-state index in [1.54, 1.807) is 0 Å². The van der Waals surface area contributed by atoms with Crippen molar-refractivity contribution in [3.8, 4) is 5.75 Å². The van der Waals surface area contributed by atoms with Crippen LogP contribution >= 0.6 is 0 Å². The van der Waals surface area contributed by atoms with E-state index in [2.05, 4.69) is 0 Å². The Labute approximate surface area is 101 Å². The van der Waals surface area contributed by atoms with Gasteiger partial charge in [0.1, 0.15) is 11.5 Å². The molecule has 0 saturated carbocycles. The first-order valence-corrected chi connectivity index (χ1v) is 5.92. The molecule has 0 aliphatic carbocycles. The molecule has 1 unspecified atom stereocenters. The van der Waals surface area contributed by atoms with Gasteiger partial charge in [0.2, 0.25) is 0 Å². The highest BCUT2D eigenvalue weighted by molar-refractivity contribution is 5.28. The summed E-state index contributed by atoms with van der Waals surface area (Å²) in [6.45, 7) is 5.44. The maximum Gasteiger partial charge on any atom is 0.342 e. The van der Waals surface area contributed by atoms with Gasteiger partial charge in [-0.25, -0.2) is 4.79 Å². The van der Waals surface area contributed by atoms with E-state index in [9.17, 15) is 15.0 Å². The summed E-state index contributed by atoms with van der Waals surface area (Å²) in [7, 11) is 0. The third-order valence-corrected chi connectivity index (χ3v) is 2.90. The molecule has 0 aliphatic rings. The van der Waals surface area contributed by atoms with Gasteiger partial charge in [0, 0.05) is 12.5 Å². The monoisotopic (exact) mass is 240 g/mol. The van der Waals surface area contributed by atoms with Gasteiger partial charge in [-0.05, 0) is 25.7 Å². The predicted molar refractivity (Wildman–Crippen MR) is 65.2 cm³/mol. The van der Waals surface area contributed by atoms with Crippen LogP contribution in [0.1, 0.15) is 38.0 Å². The summed E-state index contributed by atoms with van der Waals surface area (Å²) in [5.74, 6) is 0.670. The molecule has 0 bridgehead atoms. The first kappa shape index (κ1) is 13.8. The number of aryl methyl sites for hydroxylation is 1. The molecule has 0 radical (unpaired) electrons. The van der Waals surface area contributed by atoms with Crippen molar-refractivity contribution < 1.29 is 14.6 Å². The SMILES string of the molecule is Cc1c(O)cc(CCCC(O)C(C)C)oc1=O. The lowest BCUT2D eigenvalue weighted by Crippen LogP contribution is -2.14. The van der Waals surface area contributed by atoms with Gasteiger partial charge in [-0.15, -0.1) is 0 Å². The fourth-order valence-electron chi connectivity index (χ4n) is 1.53. The van der Waals surface area contributed by atoms with Crippen LogP contribution in [-0.4, -0.2) is 16.3 Å². The number of hydrogen-bond acceptors (Lipinski definition) is 4. The second-order valence-corrected chi connectivity index (χ2v) is 4.71. The van der Waals surface area contributed by atoms with Crippen LogP contribution in [0.25, 0.3) is 0 Å². The summed E-state index contributed by atoms with van der Waals surface area (Å²) in [4.78, 5) is 11.3. The lowest BCUT2D eigenvalue weighted by Gasteiger charge is -2.13. The summed E-state index contributed by atoms with van der Waals surface area (Å²) >= 11 is 0. The van der Waals surface area contributed by atoms with Gasteiger partial charge in [-0.2, -0.15) is 0 Å². The zero-order chi connectivity index (χ0) is 13.0. The van der Waals surface area contributed by atoms with Crippen LogP contribution in [0.2, 0.25) is 0 Å². The molecule has 0 amide bonds. The van der Waals surface area contributed by atoms with Crippen molar-refractivity contribution >= 4 is 0 Å². The molecule has 2 N–H and O–H groups in total. The Kier molecular flexibility index (Phi) is 4.75. The van der Waals surface area contributed by atoms with Crippen LogP contribution in [0.5, 0.6) is 5.75 Å². The Hall–Kier alpha value is -1.29. The van der Waals surface area contributed by atoms with Crippen LogP contribution in [0.3, 0.4) is 0 Å². The highest BCUT2D eigenvalue weighted by atomic mass is 16.4. The van der Waals surface area contributed by atoms with E-state index in [1.165, 1.54) is 13.0 Å². The van der Waals surface area contributed by atoms with Crippen molar-refractivity contribution in [3.05, 3.63) is 27.8 Å².